The van der Waals surface area contributed by atoms with Crippen LogP contribution in [0.1, 0.15) is 10.4 Å². The van der Waals surface area contributed by atoms with E-state index in [2.05, 4.69) is 11.4 Å². The molecule has 0 spiro atoms. The van der Waals surface area contributed by atoms with Crippen LogP contribution in [-0.4, -0.2) is 13.3 Å². The summed E-state index contributed by atoms with van der Waals surface area (Å²) in [6.07, 6.45) is 0.866. The average Bonchev–Trinajstić information content (AvgIpc) is 2.27. The topological polar surface area (TPSA) is 29.1 Å². The Morgan fingerprint density at radius 3 is 2.50 bits per heavy atom. The van der Waals surface area contributed by atoms with Crippen molar-refractivity contribution in [2.24, 2.45) is 0 Å². The maximum Gasteiger partial charge on any atom is 0.150 e. The number of carbonyl (C=O) groups is 1. The molecule has 0 aliphatic carbocycles. The predicted molar refractivity (Wildman–Crippen MR) is 58.9 cm³/mol. The monoisotopic (exact) mass is 185 g/mol. The molecule has 0 aliphatic heterocycles. The van der Waals surface area contributed by atoms with Gasteiger partial charge in [-0.3, -0.25) is 4.79 Å². The Balaban J connectivity index is 2.63. The molecule has 0 saturated carbocycles. The van der Waals surface area contributed by atoms with Gasteiger partial charge in [0.1, 0.15) is 6.29 Å². The van der Waals surface area contributed by atoms with Crippen molar-refractivity contribution in [1.29, 1.82) is 0 Å². The van der Waals surface area contributed by atoms with E-state index in [0.29, 0.717) is 0 Å². The van der Waals surface area contributed by atoms with Crippen LogP contribution in [0.25, 0.3) is 10.8 Å². The van der Waals surface area contributed by atoms with Crippen LogP contribution in [0.15, 0.2) is 36.4 Å². The van der Waals surface area contributed by atoms with E-state index in [1.165, 1.54) is 0 Å². The average molecular weight is 185 g/mol. The van der Waals surface area contributed by atoms with Crippen LogP contribution in [0.4, 0.5) is 5.69 Å². The fourth-order valence-electron chi connectivity index (χ4n) is 1.49. The van der Waals surface area contributed by atoms with Gasteiger partial charge in [-0.15, -0.1) is 0 Å². The zero-order valence-electron chi connectivity index (χ0n) is 7.95. The van der Waals surface area contributed by atoms with E-state index in [1.807, 2.05) is 37.4 Å². The fourth-order valence-corrected chi connectivity index (χ4v) is 1.49. The van der Waals surface area contributed by atoms with Gasteiger partial charge in [0.15, 0.2) is 0 Å². The highest BCUT2D eigenvalue weighted by molar-refractivity contribution is 5.90. The maximum absolute atomic E-state index is 10.6. The number of benzene rings is 2. The van der Waals surface area contributed by atoms with Gasteiger partial charge in [-0.25, -0.2) is 0 Å². The third kappa shape index (κ3) is 1.46. The van der Waals surface area contributed by atoms with E-state index in [0.717, 1.165) is 28.3 Å². The number of carbonyl (C=O) groups excluding carboxylic acids is 1. The van der Waals surface area contributed by atoms with E-state index < -0.39 is 0 Å². The molecule has 2 heteroatoms. The number of aldehydes is 1. The summed E-state index contributed by atoms with van der Waals surface area (Å²) in [5.41, 5.74) is 1.80. The molecular formula is C12H11NO. The van der Waals surface area contributed by atoms with Gasteiger partial charge < -0.3 is 5.32 Å². The minimum Gasteiger partial charge on any atom is -0.388 e. The Morgan fingerprint density at radius 1 is 1.07 bits per heavy atom. The lowest BCUT2D eigenvalue weighted by atomic mass is 10.1. The Kier molecular flexibility index (Phi) is 2.19. The lowest BCUT2D eigenvalue weighted by Crippen LogP contribution is -1.87. The SMILES string of the molecule is CNc1ccc2cc(C=O)ccc2c1. The predicted octanol–water partition coefficient (Wildman–Crippen LogP) is 2.69. The van der Waals surface area contributed by atoms with Gasteiger partial charge in [-0.1, -0.05) is 18.2 Å². The summed E-state index contributed by atoms with van der Waals surface area (Å²) in [6.45, 7) is 0. The summed E-state index contributed by atoms with van der Waals surface area (Å²) < 4.78 is 0. The van der Waals surface area contributed by atoms with Gasteiger partial charge in [-0.05, 0) is 29.0 Å². The Labute approximate surface area is 82.6 Å². The number of fused-ring (bicyclic) bond motifs is 1. The third-order valence-electron chi connectivity index (χ3n) is 2.29. The molecule has 0 radical (unpaired) electrons. The fraction of sp³-hybridized carbons (Fsp3) is 0.0833. The van der Waals surface area contributed by atoms with Crippen molar-refractivity contribution in [3.63, 3.8) is 0 Å². The molecule has 0 fully saturated rings. The van der Waals surface area contributed by atoms with Crippen LogP contribution in [0.2, 0.25) is 0 Å². The van der Waals surface area contributed by atoms with Gasteiger partial charge >= 0.3 is 0 Å². The Bertz CT molecular complexity index is 477. The molecule has 0 heterocycles. The molecule has 2 rings (SSSR count). The smallest absolute Gasteiger partial charge is 0.150 e. The largest absolute Gasteiger partial charge is 0.388 e. The maximum atomic E-state index is 10.6. The van der Waals surface area contributed by atoms with Crippen LogP contribution < -0.4 is 5.32 Å². The first-order valence-corrected chi connectivity index (χ1v) is 4.50. The first-order chi connectivity index (χ1) is 6.83. The van der Waals surface area contributed by atoms with Crippen LogP contribution in [0.5, 0.6) is 0 Å². The van der Waals surface area contributed by atoms with Crippen molar-refractivity contribution in [2.75, 3.05) is 12.4 Å². The van der Waals surface area contributed by atoms with Crippen LogP contribution in [-0.2, 0) is 0 Å². The van der Waals surface area contributed by atoms with Crippen LogP contribution in [0.3, 0.4) is 0 Å². The summed E-state index contributed by atoms with van der Waals surface area (Å²) in [5.74, 6) is 0. The van der Waals surface area contributed by atoms with Crippen molar-refractivity contribution < 1.29 is 4.79 Å². The normalized spacial score (nSPS) is 10.1. The molecule has 2 aromatic rings. The van der Waals surface area contributed by atoms with Crippen LogP contribution in [0, 0.1) is 0 Å². The van der Waals surface area contributed by atoms with E-state index in [9.17, 15) is 4.79 Å². The molecule has 2 nitrogen and oxygen atoms in total. The molecule has 0 aromatic heterocycles. The summed E-state index contributed by atoms with van der Waals surface area (Å²) in [4.78, 5) is 10.6. The first-order valence-electron chi connectivity index (χ1n) is 4.50. The molecule has 0 atom stereocenters. The van der Waals surface area contributed by atoms with E-state index in [4.69, 9.17) is 0 Å². The molecule has 2 aromatic carbocycles. The zero-order valence-corrected chi connectivity index (χ0v) is 7.95. The number of rotatable bonds is 2. The van der Waals surface area contributed by atoms with Crippen molar-refractivity contribution in [2.45, 2.75) is 0 Å². The summed E-state index contributed by atoms with van der Waals surface area (Å²) >= 11 is 0. The third-order valence-corrected chi connectivity index (χ3v) is 2.29. The van der Waals surface area contributed by atoms with Crippen molar-refractivity contribution in [1.82, 2.24) is 0 Å². The molecule has 70 valence electrons. The minimum atomic E-state index is 0.717. The molecule has 0 aliphatic rings. The summed E-state index contributed by atoms with van der Waals surface area (Å²) in [6, 6.07) is 11.7. The van der Waals surface area contributed by atoms with Gasteiger partial charge in [0.2, 0.25) is 0 Å². The minimum absolute atomic E-state index is 0.717. The molecule has 0 unspecified atom stereocenters. The molecule has 0 saturated heterocycles. The van der Waals surface area contributed by atoms with Gasteiger partial charge in [0.25, 0.3) is 0 Å². The Hall–Kier alpha value is -1.83. The second-order valence-corrected chi connectivity index (χ2v) is 3.19. The van der Waals surface area contributed by atoms with E-state index in [-0.39, 0.29) is 0 Å². The number of hydrogen-bond acceptors (Lipinski definition) is 2. The summed E-state index contributed by atoms with van der Waals surface area (Å²) in [7, 11) is 1.89. The number of nitrogens with one attached hydrogen (secondary N) is 1. The Morgan fingerprint density at radius 2 is 1.79 bits per heavy atom. The first kappa shape index (κ1) is 8.75. The standard InChI is InChI=1S/C12H11NO/c1-13-12-5-4-10-6-9(8-14)2-3-11(10)7-12/h2-8,13H,1H3. The quantitative estimate of drug-likeness (QED) is 0.729. The van der Waals surface area contributed by atoms with Gasteiger partial charge in [0, 0.05) is 18.3 Å². The van der Waals surface area contributed by atoms with E-state index >= 15 is 0 Å². The van der Waals surface area contributed by atoms with Gasteiger partial charge in [-0.2, -0.15) is 0 Å². The highest BCUT2D eigenvalue weighted by Gasteiger charge is 1.96. The highest BCUT2D eigenvalue weighted by Crippen LogP contribution is 2.19. The summed E-state index contributed by atoms with van der Waals surface area (Å²) in [5, 5.41) is 5.31. The van der Waals surface area contributed by atoms with Crippen molar-refractivity contribution in [3.8, 4) is 0 Å². The zero-order chi connectivity index (χ0) is 9.97. The second kappa shape index (κ2) is 3.50. The molecular weight excluding hydrogens is 174 g/mol. The van der Waals surface area contributed by atoms with Crippen molar-refractivity contribution >= 4 is 22.7 Å². The van der Waals surface area contributed by atoms with Gasteiger partial charge in [0.05, 0.1) is 0 Å². The molecule has 0 amide bonds. The molecule has 0 bridgehead atoms. The lowest BCUT2D eigenvalue weighted by Gasteiger charge is -2.02. The molecule has 14 heavy (non-hydrogen) atoms. The van der Waals surface area contributed by atoms with Crippen LogP contribution >= 0.6 is 0 Å². The number of hydrogen-bond donors (Lipinski definition) is 1. The lowest BCUT2D eigenvalue weighted by molar-refractivity contribution is 0.112. The molecule has 1 N–H and O–H groups in total. The second-order valence-electron chi connectivity index (χ2n) is 3.19. The number of anilines is 1. The van der Waals surface area contributed by atoms with E-state index in [1.54, 1.807) is 0 Å². The highest BCUT2D eigenvalue weighted by atomic mass is 16.1. The van der Waals surface area contributed by atoms with Crippen molar-refractivity contribution in [3.05, 3.63) is 42.0 Å².